The summed E-state index contributed by atoms with van der Waals surface area (Å²) in [6.07, 6.45) is 1.56. The Morgan fingerprint density at radius 1 is 1.12 bits per heavy atom. The van der Waals surface area contributed by atoms with Crippen LogP contribution < -0.4 is 10.2 Å². The summed E-state index contributed by atoms with van der Waals surface area (Å²) in [5, 5.41) is 2.98. The van der Waals surface area contributed by atoms with Crippen LogP contribution in [0.15, 0.2) is 30.3 Å². The molecular formula is C19H24N4O3. The van der Waals surface area contributed by atoms with Gasteiger partial charge in [0, 0.05) is 25.3 Å². The van der Waals surface area contributed by atoms with Gasteiger partial charge in [-0.3, -0.25) is 24.2 Å². The number of imide groups is 1. The van der Waals surface area contributed by atoms with Crippen molar-refractivity contribution in [3.63, 3.8) is 0 Å². The van der Waals surface area contributed by atoms with Crippen molar-refractivity contribution in [2.24, 2.45) is 0 Å². The largest absolute Gasteiger partial charge is 0.339 e. The van der Waals surface area contributed by atoms with Gasteiger partial charge in [-0.2, -0.15) is 0 Å². The zero-order valence-corrected chi connectivity index (χ0v) is 15.0. The summed E-state index contributed by atoms with van der Waals surface area (Å²) in [4.78, 5) is 42.7. The predicted octanol–water partition coefficient (Wildman–Crippen LogP) is 0.562. The minimum absolute atomic E-state index is 0.0602. The molecule has 0 aliphatic carbocycles. The van der Waals surface area contributed by atoms with E-state index in [4.69, 9.17) is 0 Å². The van der Waals surface area contributed by atoms with E-state index in [0.29, 0.717) is 39.1 Å². The van der Waals surface area contributed by atoms with Crippen LogP contribution in [-0.2, 0) is 14.4 Å². The number of carbonyl (C=O) groups is 3. The number of likely N-dealkylation sites (N-methyl/N-ethyl adjacent to an activating group) is 1. The van der Waals surface area contributed by atoms with E-state index in [1.54, 1.807) is 0 Å². The van der Waals surface area contributed by atoms with Crippen LogP contribution in [-0.4, -0.2) is 65.4 Å². The van der Waals surface area contributed by atoms with Gasteiger partial charge < -0.3 is 10.2 Å². The Morgan fingerprint density at radius 3 is 2.42 bits per heavy atom. The van der Waals surface area contributed by atoms with Crippen molar-refractivity contribution in [3.05, 3.63) is 30.3 Å². The number of anilines is 1. The molecule has 3 aliphatic heterocycles. The molecule has 0 aromatic heterocycles. The molecule has 1 atom stereocenters. The molecule has 4 rings (SSSR count). The van der Waals surface area contributed by atoms with Crippen molar-refractivity contribution in [2.45, 2.75) is 37.8 Å². The van der Waals surface area contributed by atoms with Gasteiger partial charge in [0.2, 0.25) is 17.7 Å². The first-order valence-electron chi connectivity index (χ1n) is 9.26. The molecule has 0 saturated carbocycles. The van der Waals surface area contributed by atoms with Gasteiger partial charge in [-0.15, -0.1) is 0 Å². The smallest absolute Gasteiger partial charge is 0.247 e. The highest BCUT2D eigenvalue weighted by atomic mass is 16.2. The van der Waals surface area contributed by atoms with Crippen molar-refractivity contribution < 1.29 is 14.4 Å². The van der Waals surface area contributed by atoms with Crippen molar-refractivity contribution in [1.29, 1.82) is 0 Å². The fraction of sp³-hybridized carbons (Fsp3) is 0.526. The van der Waals surface area contributed by atoms with Crippen LogP contribution in [0.3, 0.4) is 0 Å². The van der Waals surface area contributed by atoms with E-state index in [0.717, 1.165) is 5.69 Å². The molecule has 0 radical (unpaired) electrons. The maximum atomic E-state index is 12.7. The number of benzene rings is 1. The maximum Gasteiger partial charge on any atom is 0.247 e. The van der Waals surface area contributed by atoms with Gasteiger partial charge in [-0.1, -0.05) is 18.2 Å². The van der Waals surface area contributed by atoms with E-state index in [9.17, 15) is 14.4 Å². The Morgan fingerprint density at radius 2 is 1.81 bits per heavy atom. The number of rotatable bonds is 3. The zero-order valence-electron chi connectivity index (χ0n) is 15.0. The Bertz CT molecular complexity index is 728. The van der Waals surface area contributed by atoms with Gasteiger partial charge in [0.1, 0.15) is 5.54 Å². The van der Waals surface area contributed by atoms with Gasteiger partial charge >= 0.3 is 0 Å². The summed E-state index contributed by atoms with van der Waals surface area (Å²) in [5.74, 6) is -0.124. The molecule has 1 aromatic carbocycles. The van der Waals surface area contributed by atoms with Gasteiger partial charge in [0.25, 0.3) is 0 Å². The molecule has 3 saturated heterocycles. The summed E-state index contributed by atoms with van der Waals surface area (Å²) in [7, 11) is 0. The van der Waals surface area contributed by atoms with Gasteiger partial charge in [0.05, 0.1) is 19.1 Å². The molecule has 1 N–H and O–H groups in total. The van der Waals surface area contributed by atoms with Crippen molar-refractivity contribution in [2.75, 3.05) is 31.2 Å². The van der Waals surface area contributed by atoms with E-state index in [1.165, 1.54) is 4.90 Å². The fourth-order valence-electron chi connectivity index (χ4n) is 4.52. The maximum absolute atomic E-state index is 12.7. The number of carbonyl (C=O) groups excluding carboxylic acids is 3. The monoisotopic (exact) mass is 356 g/mol. The van der Waals surface area contributed by atoms with Crippen LogP contribution in [0.2, 0.25) is 0 Å². The Labute approximate surface area is 152 Å². The number of nitrogens with one attached hydrogen (secondary N) is 1. The molecule has 3 fully saturated rings. The number of hydrogen-bond acceptors (Lipinski definition) is 5. The van der Waals surface area contributed by atoms with E-state index in [1.807, 2.05) is 37.3 Å². The van der Waals surface area contributed by atoms with Gasteiger partial charge in [0.15, 0.2) is 0 Å². The third-order valence-corrected chi connectivity index (χ3v) is 6.01. The molecule has 1 aromatic rings. The number of piperidine rings is 1. The van der Waals surface area contributed by atoms with Crippen molar-refractivity contribution in [3.8, 4) is 0 Å². The first kappa shape index (κ1) is 17.0. The molecular weight excluding hydrogens is 332 g/mol. The van der Waals surface area contributed by atoms with Crippen molar-refractivity contribution in [1.82, 2.24) is 15.1 Å². The number of amides is 3. The van der Waals surface area contributed by atoms with Gasteiger partial charge in [-0.05, 0) is 31.9 Å². The van der Waals surface area contributed by atoms with Crippen LogP contribution in [0.1, 0.15) is 26.2 Å². The van der Waals surface area contributed by atoms with Crippen LogP contribution in [0, 0.1) is 0 Å². The third kappa shape index (κ3) is 2.49. The van der Waals surface area contributed by atoms with Crippen LogP contribution in [0.4, 0.5) is 5.69 Å². The number of nitrogens with zero attached hydrogens (tertiary/aromatic N) is 3. The summed E-state index contributed by atoms with van der Waals surface area (Å²) < 4.78 is 0. The number of para-hydroxylation sites is 1. The third-order valence-electron chi connectivity index (χ3n) is 6.01. The van der Waals surface area contributed by atoms with Gasteiger partial charge in [-0.25, -0.2) is 0 Å². The van der Waals surface area contributed by atoms with E-state index in [2.05, 4.69) is 15.1 Å². The molecule has 138 valence electrons. The lowest BCUT2D eigenvalue weighted by Gasteiger charge is -2.44. The minimum Gasteiger partial charge on any atom is -0.339 e. The lowest BCUT2D eigenvalue weighted by atomic mass is 9.85. The van der Waals surface area contributed by atoms with Crippen LogP contribution in [0.25, 0.3) is 0 Å². The Hall–Kier alpha value is -2.41. The standard InChI is InChI=1S/C19H24N4O3/c1-2-22-16(24)12-15(17(22)25)21-10-8-19(9-11-21)18(26)20-13-23(19)14-6-4-3-5-7-14/h3-7,15H,2,8-13H2,1H3,(H,20,26)/t15-/m0/s1. The van der Waals surface area contributed by atoms with Crippen molar-refractivity contribution >= 4 is 23.4 Å². The summed E-state index contributed by atoms with van der Waals surface area (Å²) in [5.41, 5.74) is 0.470. The number of hydrogen-bond donors (Lipinski definition) is 1. The lowest BCUT2D eigenvalue weighted by molar-refractivity contribution is -0.139. The first-order valence-corrected chi connectivity index (χ1v) is 9.26. The highest BCUT2D eigenvalue weighted by molar-refractivity contribution is 6.05. The molecule has 0 bridgehead atoms. The molecule has 3 heterocycles. The fourth-order valence-corrected chi connectivity index (χ4v) is 4.52. The second-order valence-corrected chi connectivity index (χ2v) is 7.19. The van der Waals surface area contributed by atoms with E-state index < -0.39 is 5.54 Å². The van der Waals surface area contributed by atoms with Crippen LogP contribution >= 0.6 is 0 Å². The summed E-state index contributed by atoms with van der Waals surface area (Å²) >= 11 is 0. The van der Waals surface area contributed by atoms with E-state index in [-0.39, 0.29) is 30.2 Å². The topological polar surface area (TPSA) is 73.0 Å². The molecule has 0 unspecified atom stereocenters. The van der Waals surface area contributed by atoms with E-state index >= 15 is 0 Å². The minimum atomic E-state index is -0.562. The SMILES string of the molecule is CCN1C(=O)C[C@H](N2CCC3(CC2)C(=O)NCN3c2ccccc2)C1=O. The second kappa shape index (κ2) is 6.39. The number of likely N-dealkylation sites (tertiary alicyclic amines) is 2. The average Bonchev–Trinajstić information content (AvgIpc) is 3.13. The Balaban J connectivity index is 1.51. The molecule has 7 nitrogen and oxygen atoms in total. The molecule has 3 amide bonds. The summed E-state index contributed by atoms with van der Waals surface area (Å²) in [6.45, 7) is 4.03. The summed E-state index contributed by atoms with van der Waals surface area (Å²) in [6, 6.07) is 9.59. The lowest BCUT2D eigenvalue weighted by Crippen LogP contribution is -2.58. The normalized spacial score (nSPS) is 26.0. The average molecular weight is 356 g/mol. The first-order chi connectivity index (χ1) is 12.6. The molecule has 26 heavy (non-hydrogen) atoms. The van der Waals surface area contributed by atoms with Crippen LogP contribution in [0.5, 0.6) is 0 Å². The zero-order chi connectivity index (χ0) is 18.3. The predicted molar refractivity (Wildman–Crippen MR) is 96.3 cm³/mol. The quantitative estimate of drug-likeness (QED) is 0.802. The molecule has 1 spiro atoms. The Kier molecular flexibility index (Phi) is 4.19. The highest BCUT2D eigenvalue weighted by Crippen LogP contribution is 2.37. The second-order valence-electron chi connectivity index (χ2n) is 7.19. The molecule has 7 heteroatoms. The molecule has 3 aliphatic rings. The highest BCUT2D eigenvalue weighted by Gasteiger charge is 2.52.